The molecule has 0 aliphatic rings. The predicted octanol–water partition coefficient (Wildman–Crippen LogP) is 2.79. The van der Waals surface area contributed by atoms with E-state index in [2.05, 4.69) is 24.0 Å². The van der Waals surface area contributed by atoms with E-state index in [9.17, 15) is 10.2 Å². The maximum atomic E-state index is 9.38. The van der Waals surface area contributed by atoms with Crippen LogP contribution in [0.3, 0.4) is 0 Å². The van der Waals surface area contributed by atoms with E-state index in [1.54, 1.807) is 11.8 Å². The van der Waals surface area contributed by atoms with Crippen molar-refractivity contribution in [2.75, 3.05) is 0 Å². The zero-order valence-corrected chi connectivity index (χ0v) is 10.9. The van der Waals surface area contributed by atoms with Gasteiger partial charge < -0.3 is 14.7 Å². The van der Waals surface area contributed by atoms with Crippen molar-refractivity contribution in [1.82, 2.24) is 10.1 Å². The first-order valence-electron chi connectivity index (χ1n) is 5.52. The van der Waals surface area contributed by atoms with Gasteiger partial charge in [-0.05, 0) is 17.4 Å². The summed E-state index contributed by atoms with van der Waals surface area (Å²) in [4.78, 5) is 4.21. The molecule has 0 saturated carbocycles. The zero-order chi connectivity index (χ0) is 13.1. The molecule has 0 fully saturated rings. The summed E-state index contributed by atoms with van der Waals surface area (Å²) in [6.07, 6.45) is 0. The number of hydrogen-bond acceptors (Lipinski definition) is 6. The van der Waals surface area contributed by atoms with Gasteiger partial charge in [0.15, 0.2) is 5.82 Å². The molecule has 0 atom stereocenters. The molecular weight excluding hydrogens is 252 g/mol. The average molecular weight is 266 g/mol. The summed E-state index contributed by atoms with van der Waals surface area (Å²) < 4.78 is 5.10. The minimum atomic E-state index is -0.0405. The SMILES string of the molecule is CC(C)SCc1noc(-c2cc(O)cc(O)c2)n1. The van der Waals surface area contributed by atoms with Gasteiger partial charge in [0.2, 0.25) is 0 Å². The Kier molecular flexibility index (Phi) is 3.76. The third-order valence-corrected chi connectivity index (χ3v) is 3.25. The Labute approximate surface area is 109 Å². The highest BCUT2D eigenvalue weighted by molar-refractivity contribution is 7.99. The van der Waals surface area contributed by atoms with Crippen LogP contribution in [0.5, 0.6) is 11.5 Å². The number of phenols is 2. The summed E-state index contributed by atoms with van der Waals surface area (Å²) >= 11 is 1.72. The number of aromatic hydroxyl groups is 2. The van der Waals surface area contributed by atoms with Gasteiger partial charge in [0.1, 0.15) is 11.5 Å². The minimum Gasteiger partial charge on any atom is -0.508 e. The smallest absolute Gasteiger partial charge is 0.258 e. The number of aromatic nitrogens is 2. The quantitative estimate of drug-likeness (QED) is 0.885. The summed E-state index contributed by atoms with van der Waals surface area (Å²) in [5.74, 6) is 1.49. The fourth-order valence-corrected chi connectivity index (χ4v) is 1.99. The summed E-state index contributed by atoms with van der Waals surface area (Å²) in [7, 11) is 0. The van der Waals surface area contributed by atoms with Crippen molar-refractivity contribution in [3.05, 3.63) is 24.0 Å². The molecule has 0 unspecified atom stereocenters. The van der Waals surface area contributed by atoms with Crippen molar-refractivity contribution in [3.8, 4) is 23.0 Å². The van der Waals surface area contributed by atoms with Crippen LogP contribution in [0.2, 0.25) is 0 Å². The predicted molar refractivity (Wildman–Crippen MR) is 69.5 cm³/mol. The highest BCUT2D eigenvalue weighted by Crippen LogP contribution is 2.27. The van der Waals surface area contributed by atoms with E-state index in [0.29, 0.717) is 28.3 Å². The maximum absolute atomic E-state index is 9.38. The van der Waals surface area contributed by atoms with E-state index in [1.165, 1.54) is 18.2 Å². The average Bonchev–Trinajstić information content (AvgIpc) is 2.73. The second-order valence-corrected chi connectivity index (χ2v) is 5.68. The number of phenolic OH excluding ortho intramolecular Hbond substituents is 2. The summed E-state index contributed by atoms with van der Waals surface area (Å²) in [6, 6.07) is 4.18. The Hall–Kier alpha value is -1.69. The van der Waals surface area contributed by atoms with Crippen molar-refractivity contribution in [3.63, 3.8) is 0 Å². The fourth-order valence-electron chi connectivity index (χ4n) is 1.39. The van der Waals surface area contributed by atoms with Gasteiger partial charge in [0.05, 0.1) is 5.75 Å². The molecule has 6 heteroatoms. The van der Waals surface area contributed by atoms with Crippen LogP contribution < -0.4 is 0 Å². The molecule has 1 heterocycles. The van der Waals surface area contributed by atoms with Gasteiger partial charge >= 0.3 is 0 Å². The third-order valence-electron chi connectivity index (χ3n) is 2.16. The third kappa shape index (κ3) is 3.16. The Balaban J connectivity index is 2.18. The highest BCUT2D eigenvalue weighted by Gasteiger charge is 2.11. The Morgan fingerprint density at radius 3 is 2.50 bits per heavy atom. The van der Waals surface area contributed by atoms with Crippen molar-refractivity contribution < 1.29 is 14.7 Å². The lowest BCUT2D eigenvalue weighted by Gasteiger charge is -1.99. The standard InChI is InChI=1S/C12H14N2O3S/c1-7(2)18-6-11-13-12(17-14-11)8-3-9(15)5-10(16)4-8/h3-5,7,15-16H,6H2,1-2H3. The number of benzene rings is 1. The van der Waals surface area contributed by atoms with E-state index in [0.717, 1.165) is 0 Å². The molecule has 0 spiro atoms. The lowest BCUT2D eigenvalue weighted by molar-refractivity contribution is 0.422. The lowest BCUT2D eigenvalue weighted by Crippen LogP contribution is -1.90. The molecule has 0 aliphatic carbocycles. The molecule has 18 heavy (non-hydrogen) atoms. The lowest BCUT2D eigenvalue weighted by atomic mass is 10.2. The van der Waals surface area contributed by atoms with Gasteiger partial charge in [-0.25, -0.2) is 0 Å². The normalized spacial score (nSPS) is 11.1. The molecule has 1 aromatic carbocycles. The molecule has 0 aliphatic heterocycles. The second-order valence-electron chi connectivity index (χ2n) is 4.11. The fraction of sp³-hybridized carbons (Fsp3) is 0.333. The molecule has 2 N–H and O–H groups in total. The molecule has 5 nitrogen and oxygen atoms in total. The Morgan fingerprint density at radius 2 is 1.89 bits per heavy atom. The maximum Gasteiger partial charge on any atom is 0.258 e. The highest BCUT2D eigenvalue weighted by atomic mass is 32.2. The first kappa shape index (κ1) is 12.8. The topological polar surface area (TPSA) is 79.4 Å². The largest absolute Gasteiger partial charge is 0.508 e. The van der Waals surface area contributed by atoms with Crippen LogP contribution in [0.4, 0.5) is 0 Å². The number of hydrogen-bond donors (Lipinski definition) is 2. The van der Waals surface area contributed by atoms with Crippen molar-refractivity contribution in [1.29, 1.82) is 0 Å². The number of thioether (sulfide) groups is 1. The molecule has 0 bridgehead atoms. The molecule has 0 saturated heterocycles. The Bertz CT molecular complexity index is 520. The van der Waals surface area contributed by atoms with E-state index in [-0.39, 0.29) is 11.5 Å². The van der Waals surface area contributed by atoms with Crippen LogP contribution in [0.25, 0.3) is 11.5 Å². The number of nitrogens with zero attached hydrogens (tertiary/aromatic N) is 2. The minimum absolute atomic E-state index is 0.0405. The van der Waals surface area contributed by atoms with Gasteiger partial charge in [-0.2, -0.15) is 16.7 Å². The van der Waals surface area contributed by atoms with E-state index in [1.807, 2.05) is 0 Å². The van der Waals surface area contributed by atoms with Gasteiger partial charge in [-0.3, -0.25) is 0 Å². The summed E-state index contributed by atoms with van der Waals surface area (Å²) in [5.41, 5.74) is 0.501. The van der Waals surface area contributed by atoms with Crippen LogP contribution >= 0.6 is 11.8 Å². The van der Waals surface area contributed by atoms with Gasteiger partial charge in [0.25, 0.3) is 5.89 Å². The Morgan fingerprint density at radius 1 is 1.22 bits per heavy atom. The van der Waals surface area contributed by atoms with E-state index >= 15 is 0 Å². The first-order chi connectivity index (χ1) is 8.54. The zero-order valence-electron chi connectivity index (χ0n) is 10.1. The molecule has 96 valence electrons. The molecule has 0 amide bonds. The van der Waals surface area contributed by atoms with Crippen LogP contribution in [-0.2, 0) is 5.75 Å². The number of rotatable bonds is 4. The van der Waals surface area contributed by atoms with Gasteiger partial charge in [0, 0.05) is 11.6 Å². The van der Waals surface area contributed by atoms with Gasteiger partial charge in [-0.1, -0.05) is 19.0 Å². The second kappa shape index (κ2) is 5.30. The monoisotopic (exact) mass is 266 g/mol. The van der Waals surface area contributed by atoms with Crippen LogP contribution in [0, 0.1) is 0 Å². The van der Waals surface area contributed by atoms with Crippen LogP contribution in [0.15, 0.2) is 22.7 Å². The molecule has 0 radical (unpaired) electrons. The summed E-state index contributed by atoms with van der Waals surface area (Å²) in [5, 5.41) is 23.1. The molecule has 2 rings (SSSR count). The van der Waals surface area contributed by atoms with Crippen LogP contribution in [-0.4, -0.2) is 25.6 Å². The van der Waals surface area contributed by atoms with E-state index in [4.69, 9.17) is 4.52 Å². The van der Waals surface area contributed by atoms with Crippen molar-refractivity contribution >= 4 is 11.8 Å². The summed E-state index contributed by atoms with van der Waals surface area (Å²) in [6.45, 7) is 4.19. The van der Waals surface area contributed by atoms with Crippen molar-refractivity contribution in [2.45, 2.75) is 24.9 Å². The molecular formula is C12H14N2O3S. The van der Waals surface area contributed by atoms with E-state index < -0.39 is 0 Å². The van der Waals surface area contributed by atoms with Gasteiger partial charge in [-0.15, -0.1) is 0 Å². The van der Waals surface area contributed by atoms with Crippen molar-refractivity contribution in [2.24, 2.45) is 0 Å². The first-order valence-corrected chi connectivity index (χ1v) is 6.57. The molecule has 1 aromatic heterocycles. The van der Waals surface area contributed by atoms with Crippen LogP contribution in [0.1, 0.15) is 19.7 Å². The molecule has 2 aromatic rings.